The highest BCUT2D eigenvalue weighted by Crippen LogP contribution is 2.33. The number of aliphatic hydroxyl groups excluding tert-OH is 1. The third-order valence-electron chi connectivity index (χ3n) is 3.89. The average Bonchev–Trinajstić information content (AvgIpc) is 3.44. The number of benzene rings is 1. The van der Waals surface area contributed by atoms with E-state index in [0.29, 0.717) is 25.9 Å². The van der Waals surface area contributed by atoms with Crippen LogP contribution >= 0.6 is 34.9 Å². The van der Waals surface area contributed by atoms with Crippen LogP contribution in [0.1, 0.15) is 29.1 Å². The van der Waals surface area contributed by atoms with Gasteiger partial charge in [-0.15, -0.1) is 11.3 Å². The van der Waals surface area contributed by atoms with Gasteiger partial charge in [-0.2, -0.15) is 5.10 Å². The van der Waals surface area contributed by atoms with Crippen LogP contribution in [0.2, 0.25) is 0 Å². The number of hydrogen-bond donors (Lipinski definition) is 3. The Labute approximate surface area is 184 Å². The van der Waals surface area contributed by atoms with Crippen molar-refractivity contribution >= 4 is 45.9 Å². The standard InChI is InChI=1S/C19H16N6O2S3/c1-11(26)12-2-4-13(5-3-12)29-14-6-7-15(30-19-21-10-22-25-19)23-16(14)17(27)24-18-20-8-9-28-18/h2-11,26H,1H3,(H,20,24,27)(H,21,22,25). The van der Waals surface area contributed by atoms with Crippen LogP contribution in [-0.2, 0) is 0 Å². The Morgan fingerprint density at radius 3 is 2.67 bits per heavy atom. The molecule has 3 N–H and O–H groups in total. The highest BCUT2D eigenvalue weighted by atomic mass is 32.2. The van der Waals surface area contributed by atoms with Crippen molar-refractivity contribution < 1.29 is 9.90 Å². The molecule has 0 saturated carbocycles. The molecular formula is C19H16N6O2S3. The van der Waals surface area contributed by atoms with Crippen molar-refractivity contribution in [2.75, 3.05) is 5.32 Å². The molecule has 4 rings (SSSR count). The number of aromatic amines is 1. The smallest absolute Gasteiger partial charge is 0.277 e. The second-order valence-corrected chi connectivity index (χ2v) is 9.05. The first kappa shape index (κ1) is 20.5. The maximum atomic E-state index is 12.9. The summed E-state index contributed by atoms with van der Waals surface area (Å²) < 4.78 is 0. The molecule has 4 aromatic rings. The van der Waals surface area contributed by atoms with E-state index in [0.717, 1.165) is 10.5 Å². The number of carbonyl (C=O) groups excluding carboxylic acids is 1. The summed E-state index contributed by atoms with van der Waals surface area (Å²) >= 11 is 4.05. The zero-order valence-corrected chi connectivity index (χ0v) is 18.1. The first-order chi connectivity index (χ1) is 14.6. The Kier molecular flexibility index (Phi) is 6.43. The molecule has 0 aliphatic rings. The fourth-order valence-corrected chi connectivity index (χ4v) is 4.55. The van der Waals surface area contributed by atoms with Gasteiger partial charge < -0.3 is 5.11 Å². The summed E-state index contributed by atoms with van der Waals surface area (Å²) in [5.41, 5.74) is 1.12. The van der Waals surface area contributed by atoms with Crippen LogP contribution in [0.4, 0.5) is 5.13 Å². The number of hydrogen-bond acceptors (Lipinski definition) is 9. The molecule has 3 aromatic heterocycles. The summed E-state index contributed by atoms with van der Waals surface area (Å²) in [6.45, 7) is 1.72. The van der Waals surface area contributed by atoms with E-state index in [-0.39, 0.29) is 5.91 Å². The molecule has 30 heavy (non-hydrogen) atoms. The molecule has 1 atom stereocenters. The SMILES string of the molecule is CC(O)c1ccc(Sc2ccc(Sc3ncn[nH]3)nc2C(=O)Nc2nccs2)cc1. The number of thiazole rings is 1. The Balaban J connectivity index is 1.62. The fourth-order valence-electron chi connectivity index (χ4n) is 2.46. The van der Waals surface area contributed by atoms with Crippen molar-refractivity contribution in [1.29, 1.82) is 0 Å². The van der Waals surface area contributed by atoms with E-state index in [1.165, 1.54) is 41.2 Å². The Morgan fingerprint density at radius 1 is 1.17 bits per heavy atom. The lowest BCUT2D eigenvalue weighted by Gasteiger charge is -2.10. The highest BCUT2D eigenvalue weighted by Gasteiger charge is 2.18. The minimum Gasteiger partial charge on any atom is -0.389 e. The van der Waals surface area contributed by atoms with Crippen molar-refractivity contribution in [2.24, 2.45) is 0 Å². The van der Waals surface area contributed by atoms with E-state index in [1.54, 1.807) is 18.5 Å². The van der Waals surface area contributed by atoms with Crippen LogP contribution in [0, 0.1) is 0 Å². The van der Waals surface area contributed by atoms with Crippen LogP contribution in [0.25, 0.3) is 0 Å². The molecule has 3 heterocycles. The molecule has 0 radical (unpaired) electrons. The van der Waals surface area contributed by atoms with Gasteiger partial charge in [-0.1, -0.05) is 23.9 Å². The largest absolute Gasteiger partial charge is 0.389 e. The normalized spacial score (nSPS) is 11.9. The van der Waals surface area contributed by atoms with Crippen LogP contribution in [-0.4, -0.2) is 36.2 Å². The summed E-state index contributed by atoms with van der Waals surface area (Å²) in [5, 5.41) is 22.6. The lowest BCUT2D eigenvalue weighted by Crippen LogP contribution is -2.15. The first-order valence-corrected chi connectivity index (χ1v) is 11.3. The summed E-state index contributed by atoms with van der Waals surface area (Å²) in [6.07, 6.45) is 2.51. The van der Waals surface area contributed by atoms with Crippen molar-refractivity contribution in [1.82, 2.24) is 25.1 Å². The molecule has 0 bridgehead atoms. The molecule has 0 fully saturated rings. The van der Waals surface area contributed by atoms with Gasteiger partial charge in [0.05, 0.1) is 6.10 Å². The minimum atomic E-state index is -0.530. The van der Waals surface area contributed by atoms with Gasteiger partial charge in [-0.05, 0) is 48.5 Å². The van der Waals surface area contributed by atoms with Gasteiger partial charge >= 0.3 is 0 Å². The van der Waals surface area contributed by atoms with Gasteiger partial charge in [0.25, 0.3) is 5.91 Å². The van der Waals surface area contributed by atoms with Gasteiger partial charge in [0, 0.05) is 21.4 Å². The number of aromatic nitrogens is 5. The van der Waals surface area contributed by atoms with Crippen LogP contribution < -0.4 is 5.32 Å². The average molecular weight is 457 g/mol. The number of H-pyrrole nitrogens is 1. The van der Waals surface area contributed by atoms with E-state index in [1.807, 2.05) is 36.4 Å². The third-order valence-corrected chi connectivity index (χ3v) is 6.46. The first-order valence-electron chi connectivity index (χ1n) is 8.79. The van der Waals surface area contributed by atoms with Gasteiger partial charge in [-0.25, -0.2) is 15.0 Å². The number of rotatable bonds is 7. The van der Waals surface area contributed by atoms with Gasteiger partial charge in [-0.3, -0.25) is 15.2 Å². The van der Waals surface area contributed by atoms with E-state index in [9.17, 15) is 9.90 Å². The topological polar surface area (TPSA) is 117 Å². The number of pyridine rings is 1. The lowest BCUT2D eigenvalue weighted by molar-refractivity contribution is 0.101. The molecule has 11 heteroatoms. The molecule has 0 saturated heterocycles. The summed E-state index contributed by atoms with van der Waals surface area (Å²) in [4.78, 5) is 27.3. The molecule has 1 amide bonds. The van der Waals surface area contributed by atoms with Gasteiger partial charge in [0.1, 0.15) is 17.0 Å². The quantitative estimate of drug-likeness (QED) is 0.378. The van der Waals surface area contributed by atoms with Crippen LogP contribution in [0.5, 0.6) is 0 Å². The van der Waals surface area contributed by atoms with E-state index in [4.69, 9.17) is 0 Å². The van der Waals surface area contributed by atoms with Crippen molar-refractivity contribution in [3.8, 4) is 0 Å². The number of nitrogens with one attached hydrogen (secondary N) is 2. The maximum Gasteiger partial charge on any atom is 0.277 e. The Bertz CT molecular complexity index is 1120. The number of anilines is 1. The molecule has 1 unspecified atom stereocenters. The monoisotopic (exact) mass is 456 g/mol. The van der Waals surface area contributed by atoms with E-state index >= 15 is 0 Å². The molecule has 0 spiro atoms. The highest BCUT2D eigenvalue weighted by molar-refractivity contribution is 7.99. The Hall–Kier alpha value is -2.73. The number of aliphatic hydroxyl groups is 1. The number of amides is 1. The van der Waals surface area contributed by atoms with Crippen molar-refractivity contribution in [3.63, 3.8) is 0 Å². The van der Waals surface area contributed by atoms with Crippen molar-refractivity contribution in [3.05, 3.63) is 65.6 Å². The molecule has 1 aromatic carbocycles. The predicted octanol–water partition coefficient (Wildman–Crippen LogP) is 4.26. The summed E-state index contributed by atoms with van der Waals surface area (Å²) in [5.74, 6) is -0.340. The predicted molar refractivity (Wildman–Crippen MR) is 116 cm³/mol. The Morgan fingerprint density at radius 2 is 2.00 bits per heavy atom. The zero-order chi connectivity index (χ0) is 20.9. The van der Waals surface area contributed by atoms with Crippen LogP contribution in [0.15, 0.2) is 74.3 Å². The summed E-state index contributed by atoms with van der Waals surface area (Å²) in [6, 6.07) is 11.2. The minimum absolute atomic E-state index is 0.291. The number of carbonyl (C=O) groups is 1. The van der Waals surface area contributed by atoms with Crippen molar-refractivity contribution in [2.45, 2.75) is 33.0 Å². The molecule has 0 aliphatic heterocycles. The second kappa shape index (κ2) is 9.39. The lowest BCUT2D eigenvalue weighted by atomic mass is 10.1. The fraction of sp³-hybridized carbons (Fsp3) is 0.105. The summed E-state index contributed by atoms with van der Waals surface area (Å²) in [7, 11) is 0. The van der Waals surface area contributed by atoms with Crippen LogP contribution in [0.3, 0.4) is 0 Å². The zero-order valence-electron chi connectivity index (χ0n) is 15.6. The second-order valence-electron chi connectivity index (χ2n) is 6.03. The third kappa shape index (κ3) is 5.05. The maximum absolute atomic E-state index is 12.9. The molecular weight excluding hydrogens is 440 g/mol. The molecule has 152 valence electrons. The van der Waals surface area contributed by atoms with Gasteiger partial charge in [0.15, 0.2) is 10.3 Å². The molecule has 0 aliphatic carbocycles. The van der Waals surface area contributed by atoms with E-state index < -0.39 is 6.10 Å². The van der Waals surface area contributed by atoms with E-state index in [2.05, 4.69) is 30.5 Å². The molecule has 8 nitrogen and oxygen atoms in total. The van der Waals surface area contributed by atoms with Gasteiger partial charge in [0.2, 0.25) is 0 Å². The number of nitrogens with zero attached hydrogens (tertiary/aromatic N) is 4.